The predicted octanol–water partition coefficient (Wildman–Crippen LogP) is 0.0743. The molecule has 1 rings (SSSR count). The third kappa shape index (κ3) is 4.10. The molecule has 1 atom stereocenters. The number of hydrazine groups is 1. The van der Waals surface area contributed by atoms with Gasteiger partial charge in [-0.15, -0.1) is 0 Å². The summed E-state index contributed by atoms with van der Waals surface area (Å²) in [5, 5.41) is 8.98. The first-order chi connectivity index (χ1) is 8.72. The number of nitrogens with zero attached hydrogens (tertiary/aromatic N) is 1. The molecule has 0 fully saturated rings. The van der Waals surface area contributed by atoms with Gasteiger partial charge in [0.15, 0.2) is 0 Å². The minimum absolute atomic E-state index is 0.0829. The van der Waals surface area contributed by atoms with Crippen molar-refractivity contribution in [1.82, 2.24) is 10.3 Å². The van der Waals surface area contributed by atoms with E-state index in [1.165, 1.54) is 0 Å². The number of rotatable bonds is 7. The molecule has 1 unspecified atom stereocenters. The molecule has 5 nitrogen and oxygen atoms in total. The highest BCUT2D eigenvalue weighted by molar-refractivity contribution is 5.83. The van der Waals surface area contributed by atoms with Gasteiger partial charge in [-0.05, 0) is 12.1 Å². The molecular formula is C13H21N3O2. The van der Waals surface area contributed by atoms with E-state index in [4.69, 9.17) is 10.9 Å². The molecule has 0 saturated carbocycles. The van der Waals surface area contributed by atoms with Gasteiger partial charge in [0.25, 0.3) is 0 Å². The number of aliphatic hydroxyl groups is 1. The summed E-state index contributed by atoms with van der Waals surface area (Å²) in [5.41, 5.74) is 3.13. The van der Waals surface area contributed by atoms with Crippen LogP contribution in [0.4, 0.5) is 0 Å². The Kier molecular flexibility index (Phi) is 6.35. The lowest BCUT2D eigenvalue weighted by atomic mass is 9.97. The molecule has 0 radical (unpaired) electrons. The summed E-state index contributed by atoms with van der Waals surface area (Å²) < 4.78 is 0. The SMILES string of the molecule is CCN(CCO)CC(C(=O)NN)c1ccccc1. The van der Waals surface area contributed by atoms with Crippen molar-refractivity contribution in [3.63, 3.8) is 0 Å². The average molecular weight is 251 g/mol. The van der Waals surface area contributed by atoms with Crippen LogP contribution in [0.15, 0.2) is 30.3 Å². The van der Waals surface area contributed by atoms with E-state index < -0.39 is 0 Å². The van der Waals surface area contributed by atoms with Crippen LogP contribution in [-0.2, 0) is 4.79 Å². The van der Waals surface area contributed by atoms with Crippen LogP contribution in [0.2, 0.25) is 0 Å². The Morgan fingerprint density at radius 2 is 2.11 bits per heavy atom. The Hall–Kier alpha value is -1.43. The third-order valence-electron chi connectivity index (χ3n) is 2.96. The molecular weight excluding hydrogens is 230 g/mol. The number of hydrogen-bond acceptors (Lipinski definition) is 4. The van der Waals surface area contributed by atoms with Crippen molar-refractivity contribution in [2.45, 2.75) is 12.8 Å². The van der Waals surface area contributed by atoms with Crippen LogP contribution in [-0.4, -0.2) is 42.2 Å². The lowest BCUT2D eigenvalue weighted by Gasteiger charge is -2.25. The summed E-state index contributed by atoms with van der Waals surface area (Å²) in [6.07, 6.45) is 0. The first-order valence-corrected chi connectivity index (χ1v) is 6.11. The van der Waals surface area contributed by atoms with Crippen molar-refractivity contribution >= 4 is 5.91 Å². The third-order valence-corrected chi connectivity index (χ3v) is 2.96. The molecule has 18 heavy (non-hydrogen) atoms. The topological polar surface area (TPSA) is 78.6 Å². The molecule has 100 valence electrons. The number of benzene rings is 1. The van der Waals surface area contributed by atoms with Gasteiger partial charge in [-0.1, -0.05) is 37.3 Å². The second kappa shape index (κ2) is 7.81. The van der Waals surface area contributed by atoms with Crippen molar-refractivity contribution < 1.29 is 9.90 Å². The van der Waals surface area contributed by atoms with Gasteiger partial charge >= 0.3 is 0 Å². The zero-order valence-corrected chi connectivity index (χ0v) is 10.7. The van der Waals surface area contributed by atoms with Crippen LogP contribution in [0, 0.1) is 0 Å². The van der Waals surface area contributed by atoms with Crippen molar-refractivity contribution in [2.75, 3.05) is 26.2 Å². The van der Waals surface area contributed by atoms with Gasteiger partial charge in [-0.2, -0.15) is 0 Å². The Morgan fingerprint density at radius 1 is 1.44 bits per heavy atom. The number of nitrogens with two attached hydrogens (primary N) is 1. The van der Waals surface area contributed by atoms with Crippen LogP contribution >= 0.6 is 0 Å². The molecule has 0 saturated heterocycles. The second-order valence-corrected chi connectivity index (χ2v) is 4.09. The second-order valence-electron chi connectivity index (χ2n) is 4.09. The standard InChI is InChI=1S/C13H21N3O2/c1-2-16(8-9-17)10-12(13(18)15-14)11-6-4-3-5-7-11/h3-7,12,17H,2,8-10,14H2,1H3,(H,15,18). The molecule has 1 aromatic carbocycles. The van der Waals surface area contributed by atoms with Gasteiger partial charge in [-0.3, -0.25) is 10.2 Å². The zero-order valence-electron chi connectivity index (χ0n) is 10.7. The van der Waals surface area contributed by atoms with Crippen molar-refractivity contribution in [3.05, 3.63) is 35.9 Å². The molecule has 0 bridgehead atoms. The lowest BCUT2D eigenvalue weighted by Crippen LogP contribution is -2.41. The average Bonchev–Trinajstić information content (AvgIpc) is 2.43. The van der Waals surface area contributed by atoms with Gasteiger partial charge in [0.1, 0.15) is 0 Å². The van der Waals surface area contributed by atoms with Crippen molar-refractivity contribution in [2.24, 2.45) is 5.84 Å². The summed E-state index contributed by atoms with van der Waals surface area (Å²) in [5.74, 6) is 4.71. The van der Waals surface area contributed by atoms with E-state index in [0.717, 1.165) is 12.1 Å². The van der Waals surface area contributed by atoms with E-state index in [-0.39, 0.29) is 18.4 Å². The largest absolute Gasteiger partial charge is 0.395 e. The fourth-order valence-electron chi connectivity index (χ4n) is 1.90. The molecule has 0 aliphatic carbocycles. The maximum atomic E-state index is 11.8. The maximum Gasteiger partial charge on any atom is 0.242 e. The smallest absolute Gasteiger partial charge is 0.242 e. The van der Waals surface area contributed by atoms with E-state index in [9.17, 15) is 4.79 Å². The number of nitrogens with one attached hydrogen (secondary N) is 1. The van der Waals surface area contributed by atoms with E-state index in [0.29, 0.717) is 13.1 Å². The van der Waals surface area contributed by atoms with Gasteiger partial charge in [0.05, 0.1) is 12.5 Å². The number of carbonyl (C=O) groups is 1. The predicted molar refractivity (Wildman–Crippen MR) is 70.7 cm³/mol. The molecule has 0 aliphatic rings. The van der Waals surface area contributed by atoms with Crippen LogP contribution in [0.5, 0.6) is 0 Å². The molecule has 5 heteroatoms. The number of hydrogen-bond donors (Lipinski definition) is 3. The summed E-state index contributed by atoms with van der Waals surface area (Å²) in [7, 11) is 0. The van der Waals surface area contributed by atoms with Crippen LogP contribution in [0.3, 0.4) is 0 Å². The fraction of sp³-hybridized carbons (Fsp3) is 0.462. The van der Waals surface area contributed by atoms with Gasteiger partial charge in [0, 0.05) is 13.1 Å². The lowest BCUT2D eigenvalue weighted by molar-refractivity contribution is -0.123. The molecule has 0 spiro atoms. The summed E-state index contributed by atoms with van der Waals surface area (Å²) >= 11 is 0. The Morgan fingerprint density at radius 3 is 2.61 bits per heavy atom. The fourth-order valence-corrected chi connectivity index (χ4v) is 1.90. The molecule has 0 heterocycles. The maximum absolute atomic E-state index is 11.8. The van der Waals surface area contributed by atoms with Crippen LogP contribution < -0.4 is 11.3 Å². The van der Waals surface area contributed by atoms with E-state index in [1.54, 1.807) is 0 Å². The quantitative estimate of drug-likeness (QED) is 0.364. The molecule has 4 N–H and O–H groups in total. The minimum Gasteiger partial charge on any atom is -0.395 e. The Bertz CT molecular complexity index is 357. The monoisotopic (exact) mass is 251 g/mol. The zero-order chi connectivity index (χ0) is 13.4. The summed E-state index contributed by atoms with van der Waals surface area (Å²) in [4.78, 5) is 13.9. The van der Waals surface area contributed by atoms with Crippen LogP contribution in [0.25, 0.3) is 0 Å². The van der Waals surface area contributed by atoms with E-state index in [2.05, 4.69) is 5.43 Å². The normalized spacial score (nSPS) is 12.4. The molecule has 1 aromatic rings. The van der Waals surface area contributed by atoms with Gasteiger partial charge in [0.2, 0.25) is 5.91 Å². The Labute approximate surface area is 108 Å². The summed E-state index contributed by atoms with van der Waals surface area (Å²) in [6, 6.07) is 9.52. The number of carbonyl (C=O) groups excluding carboxylic acids is 1. The molecule has 0 aromatic heterocycles. The van der Waals surface area contributed by atoms with E-state index >= 15 is 0 Å². The summed E-state index contributed by atoms with van der Waals surface area (Å²) in [6.45, 7) is 3.96. The minimum atomic E-state index is -0.317. The highest BCUT2D eigenvalue weighted by Gasteiger charge is 2.21. The van der Waals surface area contributed by atoms with E-state index in [1.807, 2.05) is 42.2 Å². The molecule has 1 amide bonds. The molecule has 0 aliphatic heterocycles. The number of aliphatic hydroxyl groups excluding tert-OH is 1. The highest BCUT2D eigenvalue weighted by atomic mass is 16.3. The number of likely N-dealkylation sites (N-methyl/N-ethyl adjacent to an activating group) is 1. The Balaban J connectivity index is 2.82. The first-order valence-electron chi connectivity index (χ1n) is 6.11. The van der Waals surface area contributed by atoms with Crippen molar-refractivity contribution in [1.29, 1.82) is 0 Å². The number of amides is 1. The van der Waals surface area contributed by atoms with Crippen LogP contribution in [0.1, 0.15) is 18.4 Å². The van der Waals surface area contributed by atoms with Crippen molar-refractivity contribution in [3.8, 4) is 0 Å². The highest BCUT2D eigenvalue weighted by Crippen LogP contribution is 2.17. The first kappa shape index (κ1) is 14.6. The van der Waals surface area contributed by atoms with Gasteiger partial charge < -0.3 is 10.0 Å². The van der Waals surface area contributed by atoms with Gasteiger partial charge in [-0.25, -0.2) is 5.84 Å².